The Kier molecular flexibility index (Phi) is 4.17. The highest BCUT2D eigenvalue weighted by Crippen LogP contribution is 2.31. The summed E-state index contributed by atoms with van der Waals surface area (Å²) in [7, 11) is 0. The van der Waals surface area contributed by atoms with Crippen molar-refractivity contribution in [2.24, 2.45) is 5.92 Å². The number of nitrogens with one attached hydrogen (secondary N) is 2. The standard InChI is InChI=1S/C18H23N5O2/c1-2-22-10-14(21-11-22)8-20-17(24)15-3-4-16-13-5-12(6-19-7-13)9-23(16)18(15)25/h3-4,10-13,19H,2,5-9H2,1H3,(H,20,24)/t12-,13+/m0/s1. The van der Waals surface area contributed by atoms with Crippen molar-refractivity contribution in [1.82, 2.24) is 24.8 Å². The van der Waals surface area contributed by atoms with Crippen molar-refractivity contribution >= 4 is 5.91 Å². The molecule has 7 heteroatoms. The molecule has 0 aromatic carbocycles. The third kappa shape index (κ3) is 3.00. The van der Waals surface area contributed by atoms with Crippen molar-refractivity contribution in [2.75, 3.05) is 13.1 Å². The molecule has 0 unspecified atom stereocenters. The highest BCUT2D eigenvalue weighted by atomic mass is 16.2. The summed E-state index contributed by atoms with van der Waals surface area (Å²) in [5, 5.41) is 6.24. The van der Waals surface area contributed by atoms with Crippen LogP contribution in [0.15, 0.2) is 29.5 Å². The van der Waals surface area contributed by atoms with E-state index in [1.165, 1.54) is 0 Å². The van der Waals surface area contributed by atoms with Crippen molar-refractivity contribution < 1.29 is 4.79 Å². The second kappa shape index (κ2) is 6.48. The van der Waals surface area contributed by atoms with Gasteiger partial charge < -0.3 is 19.8 Å². The van der Waals surface area contributed by atoms with Gasteiger partial charge in [-0.3, -0.25) is 9.59 Å². The minimum Gasteiger partial charge on any atom is -0.346 e. The lowest BCUT2D eigenvalue weighted by Crippen LogP contribution is -2.46. The Balaban J connectivity index is 1.53. The highest BCUT2D eigenvalue weighted by molar-refractivity contribution is 5.93. The lowest BCUT2D eigenvalue weighted by molar-refractivity contribution is 0.0947. The van der Waals surface area contributed by atoms with Crippen LogP contribution < -0.4 is 16.2 Å². The number of carbonyl (C=O) groups excluding carboxylic acids is 1. The molecular weight excluding hydrogens is 318 g/mol. The third-order valence-corrected chi connectivity index (χ3v) is 5.24. The third-order valence-electron chi connectivity index (χ3n) is 5.24. The van der Waals surface area contributed by atoms with Crippen LogP contribution >= 0.6 is 0 Å². The molecule has 1 fully saturated rings. The van der Waals surface area contributed by atoms with Crippen LogP contribution in [0, 0.1) is 5.92 Å². The van der Waals surface area contributed by atoms with Gasteiger partial charge in [0.1, 0.15) is 5.56 Å². The normalized spacial score (nSPS) is 21.6. The molecule has 25 heavy (non-hydrogen) atoms. The number of nitrogens with zero attached hydrogens (tertiary/aromatic N) is 3. The van der Waals surface area contributed by atoms with E-state index in [0.29, 0.717) is 24.9 Å². The molecule has 2 bridgehead atoms. The van der Waals surface area contributed by atoms with Crippen LogP contribution in [0.3, 0.4) is 0 Å². The van der Waals surface area contributed by atoms with Gasteiger partial charge in [0, 0.05) is 37.4 Å². The number of imidazole rings is 1. The van der Waals surface area contributed by atoms with Crippen LogP contribution in [-0.2, 0) is 19.6 Å². The number of aryl methyl sites for hydroxylation is 1. The molecule has 0 aliphatic carbocycles. The Morgan fingerprint density at radius 2 is 2.28 bits per heavy atom. The fraction of sp³-hybridized carbons (Fsp3) is 0.500. The van der Waals surface area contributed by atoms with Crippen molar-refractivity contribution in [2.45, 2.75) is 38.9 Å². The quantitative estimate of drug-likeness (QED) is 0.858. The summed E-state index contributed by atoms with van der Waals surface area (Å²) in [4.78, 5) is 29.5. The molecule has 4 heterocycles. The van der Waals surface area contributed by atoms with Gasteiger partial charge in [-0.1, -0.05) is 0 Å². The van der Waals surface area contributed by atoms with Crippen molar-refractivity contribution in [3.05, 3.63) is 52.0 Å². The van der Waals surface area contributed by atoms with Gasteiger partial charge in [0.05, 0.1) is 18.6 Å². The number of rotatable bonds is 4. The molecule has 2 aromatic heterocycles. The predicted octanol–water partition coefficient (Wildman–Crippen LogP) is 0.701. The minimum absolute atomic E-state index is 0.175. The highest BCUT2D eigenvalue weighted by Gasteiger charge is 2.31. The SMILES string of the molecule is CCn1cnc(CNC(=O)c2ccc3n(c2=O)C[C@@H]2CNC[C@H]3C2)c1. The zero-order chi connectivity index (χ0) is 17.4. The summed E-state index contributed by atoms with van der Waals surface area (Å²) >= 11 is 0. The number of hydrogen-bond acceptors (Lipinski definition) is 4. The summed E-state index contributed by atoms with van der Waals surface area (Å²) in [6.45, 7) is 5.73. The molecule has 4 rings (SSSR count). The first-order valence-corrected chi connectivity index (χ1v) is 8.89. The first-order chi connectivity index (χ1) is 12.2. The van der Waals surface area contributed by atoms with Crippen molar-refractivity contribution in [3.63, 3.8) is 0 Å². The van der Waals surface area contributed by atoms with Crippen LogP contribution in [0.1, 0.15) is 41.0 Å². The zero-order valence-corrected chi connectivity index (χ0v) is 14.4. The van der Waals surface area contributed by atoms with Gasteiger partial charge in [-0.2, -0.15) is 0 Å². The Bertz CT molecular complexity index is 853. The molecule has 2 N–H and O–H groups in total. The lowest BCUT2D eigenvalue weighted by Gasteiger charge is -2.37. The zero-order valence-electron chi connectivity index (χ0n) is 14.4. The number of hydrogen-bond donors (Lipinski definition) is 2. The number of carbonyl (C=O) groups is 1. The van der Waals surface area contributed by atoms with Gasteiger partial charge in [0.15, 0.2) is 0 Å². The molecule has 2 aliphatic rings. The summed E-state index contributed by atoms with van der Waals surface area (Å²) in [5.41, 5.74) is 1.87. The smallest absolute Gasteiger partial charge is 0.263 e. The average molecular weight is 341 g/mol. The molecule has 0 radical (unpaired) electrons. The maximum absolute atomic E-state index is 12.8. The summed E-state index contributed by atoms with van der Waals surface area (Å²) in [6.07, 6.45) is 4.76. The number of pyridine rings is 1. The monoisotopic (exact) mass is 341 g/mol. The molecule has 7 nitrogen and oxygen atoms in total. The van der Waals surface area contributed by atoms with Gasteiger partial charge in [-0.25, -0.2) is 4.98 Å². The molecule has 0 spiro atoms. The van der Waals surface area contributed by atoms with Gasteiger partial charge >= 0.3 is 0 Å². The largest absolute Gasteiger partial charge is 0.346 e. The van der Waals surface area contributed by atoms with E-state index < -0.39 is 0 Å². The van der Waals surface area contributed by atoms with E-state index in [2.05, 4.69) is 15.6 Å². The topological polar surface area (TPSA) is 81.0 Å². The minimum atomic E-state index is -0.333. The number of fused-ring (bicyclic) bond motifs is 4. The van der Waals surface area contributed by atoms with Crippen LogP contribution in [0.25, 0.3) is 0 Å². The van der Waals surface area contributed by atoms with Gasteiger partial charge in [0.2, 0.25) is 0 Å². The van der Waals surface area contributed by atoms with Gasteiger partial charge in [0.25, 0.3) is 11.5 Å². The average Bonchev–Trinajstić information content (AvgIpc) is 3.09. The van der Waals surface area contributed by atoms with E-state index in [1.54, 1.807) is 17.0 Å². The lowest BCUT2D eigenvalue weighted by atomic mass is 9.84. The Labute approximate surface area is 146 Å². The van der Waals surface area contributed by atoms with Crippen LogP contribution in [-0.4, -0.2) is 33.1 Å². The first kappa shape index (κ1) is 16.1. The van der Waals surface area contributed by atoms with Crippen LogP contribution in [0.5, 0.6) is 0 Å². The number of amides is 1. The second-order valence-corrected chi connectivity index (χ2v) is 6.92. The van der Waals surface area contributed by atoms with Crippen molar-refractivity contribution in [3.8, 4) is 0 Å². The molecule has 2 aromatic rings. The molecule has 1 amide bonds. The molecule has 1 saturated heterocycles. The Morgan fingerprint density at radius 3 is 3.08 bits per heavy atom. The summed E-state index contributed by atoms with van der Waals surface area (Å²) < 4.78 is 3.75. The predicted molar refractivity (Wildman–Crippen MR) is 93.5 cm³/mol. The van der Waals surface area contributed by atoms with Gasteiger partial charge in [-0.05, 0) is 37.9 Å². The fourth-order valence-corrected chi connectivity index (χ4v) is 3.90. The van der Waals surface area contributed by atoms with Crippen LogP contribution in [0.2, 0.25) is 0 Å². The Hall–Kier alpha value is -2.41. The van der Waals surface area contributed by atoms with E-state index in [1.807, 2.05) is 23.8 Å². The number of piperidine rings is 1. The van der Waals surface area contributed by atoms with Gasteiger partial charge in [-0.15, -0.1) is 0 Å². The summed E-state index contributed by atoms with van der Waals surface area (Å²) in [5.74, 6) is 0.510. The Morgan fingerprint density at radius 1 is 1.40 bits per heavy atom. The first-order valence-electron chi connectivity index (χ1n) is 8.89. The van der Waals surface area contributed by atoms with E-state index in [-0.39, 0.29) is 17.0 Å². The number of aromatic nitrogens is 3. The van der Waals surface area contributed by atoms with Crippen LogP contribution in [0.4, 0.5) is 0 Å². The molecule has 0 saturated carbocycles. The molecule has 132 valence electrons. The van der Waals surface area contributed by atoms with E-state index in [9.17, 15) is 9.59 Å². The maximum atomic E-state index is 12.8. The maximum Gasteiger partial charge on any atom is 0.263 e. The molecule has 2 atom stereocenters. The van der Waals surface area contributed by atoms with Crippen molar-refractivity contribution in [1.29, 1.82) is 0 Å². The second-order valence-electron chi connectivity index (χ2n) is 6.92. The van der Waals surface area contributed by atoms with E-state index in [4.69, 9.17) is 0 Å². The molecular formula is C18H23N5O2. The fourth-order valence-electron chi connectivity index (χ4n) is 3.90. The molecule has 2 aliphatic heterocycles. The summed E-state index contributed by atoms with van der Waals surface area (Å²) in [6, 6.07) is 3.61. The van der Waals surface area contributed by atoms with E-state index >= 15 is 0 Å². The van der Waals surface area contributed by atoms with E-state index in [0.717, 1.165) is 37.4 Å².